The molecule has 0 unspecified atom stereocenters. The number of carbonyl (C=O) groups is 1. The molecule has 1 aromatic heterocycles. The van der Waals surface area contributed by atoms with Crippen LogP contribution < -0.4 is 5.73 Å². The van der Waals surface area contributed by atoms with Gasteiger partial charge in [0.25, 0.3) is 0 Å². The van der Waals surface area contributed by atoms with Crippen molar-refractivity contribution in [3.63, 3.8) is 0 Å². The van der Waals surface area contributed by atoms with Crippen LogP contribution in [-0.2, 0) is 17.8 Å². The molecule has 6 nitrogen and oxygen atoms in total. The summed E-state index contributed by atoms with van der Waals surface area (Å²) in [7, 11) is 0. The number of nitrogens with two attached hydrogens (primary N) is 1. The zero-order valence-corrected chi connectivity index (χ0v) is 15.8. The lowest BCUT2D eigenvalue weighted by atomic mass is 10.1. The highest BCUT2D eigenvalue weighted by Gasteiger charge is 2.22. The number of carbonyl (C=O) groups excluding carboxylic acids is 1. The maximum absolute atomic E-state index is 12.8. The third kappa shape index (κ3) is 3.92. The van der Waals surface area contributed by atoms with Crippen molar-refractivity contribution in [2.75, 3.05) is 26.2 Å². The largest absolute Gasteiger partial charge is 0.384 e. The number of hydrogen-bond acceptors (Lipinski definition) is 3. The number of aromatic nitrogens is 1. The first kappa shape index (κ1) is 18.3. The third-order valence-corrected chi connectivity index (χ3v) is 5.39. The van der Waals surface area contributed by atoms with Gasteiger partial charge in [0, 0.05) is 55.4 Å². The average Bonchev–Trinajstić information content (AvgIpc) is 3.11. The molecule has 6 heteroatoms. The molecule has 1 fully saturated rings. The molecule has 0 saturated carbocycles. The number of nitrogens with one attached hydrogen (secondary N) is 2. The number of nitrogen functional groups attached to an aromatic ring is 1. The molecule has 0 aliphatic carbocycles. The summed E-state index contributed by atoms with van der Waals surface area (Å²) in [5.74, 6) is 0.184. The molecule has 4 N–H and O–H groups in total. The van der Waals surface area contributed by atoms with Crippen molar-refractivity contribution < 1.29 is 4.79 Å². The van der Waals surface area contributed by atoms with Gasteiger partial charge in [-0.25, -0.2) is 0 Å². The smallest absolute Gasteiger partial charge is 0.227 e. The number of amides is 1. The minimum absolute atomic E-state index is 0.0370. The molecular weight excluding hydrogens is 350 g/mol. The zero-order valence-electron chi connectivity index (χ0n) is 15.8. The summed E-state index contributed by atoms with van der Waals surface area (Å²) in [5.41, 5.74) is 9.50. The number of aromatic amines is 1. The summed E-state index contributed by atoms with van der Waals surface area (Å²) in [4.78, 5) is 20.4. The molecule has 2 heterocycles. The van der Waals surface area contributed by atoms with Crippen molar-refractivity contribution in [1.29, 1.82) is 5.41 Å². The van der Waals surface area contributed by atoms with Crippen LogP contribution in [0.1, 0.15) is 16.7 Å². The van der Waals surface area contributed by atoms with E-state index in [1.165, 1.54) is 5.56 Å². The lowest BCUT2D eigenvalue weighted by Gasteiger charge is -2.34. The molecule has 1 aliphatic heterocycles. The van der Waals surface area contributed by atoms with Crippen LogP contribution in [0.5, 0.6) is 0 Å². The van der Waals surface area contributed by atoms with E-state index in [1.807, 2.05) is 35.4 Å². The van der Waals surface area contributed by atoms with Crippen molar-refractivity contribution in [3.05, 3.63) is 71.4 Å². The van der Waals surface area contributed by atoms with E-state index in [0.717, 1.165) is 49.2 Å². The molecule has 144 valence electrons. The number of benzene rings is 2. The molecule has 2 aromatic carbocycles. The Balaban J connectivity index is 1.38. The molecule has 1 amide bonds. The van der Waals surface area contributed by atoms with E-state index in [9.17, 15) is 4.79 Å². The van der Waals surface area contributed by atoms with Gasteiger partial charge < -0.3 is 15.6 Å². The molecule has 1 saturated heterocycles. The Morgan fingerprint density at radius 2 is 1.82 bits per heavy atom. The van der Waals surface area contributed by atoms with Gasteiger partial charge in [0.05, 0.1) is 6.42 Å². The van der Waals surface area contributed by atoms with Crippen LogP contribution >= 0.6 is 0 Å². The number of nitrogens with zero attached hydrogens (tertiary/aromatic N) is 2. The summed E-state index contributed by atoms with van der Waals surface area (Å²) >= 11 is 0. The second-order valence-corrected chi connectivity index (χ2v) is 7.31. The van der Waals surface area contributed by atoms with Crippen molar-refractivity contribution in [1.82, 2.24) is 14.8 Å². The fourth-order valence-corrected chi connectivity index (χ4v) is 3.76. The van der Waals surface area contributed by atoms with Gasteiger partial charge in [-0.1, -0.05) is 30.3 Å². The highest BCUT2D eigenvalue weighted by molar-refractivity contribution is 6.00. The number of piperazine rings is 1. The fraction of sp³-hybridized carbons (Fsp3) is 0.273. The topological polar surface area (TPSA) is 89.2 Å². The van der Waals surface area contributed by atoms with Gasteiger partial charge in [0.15, 0.2) is 0 Å². The van der Waals surface area contributed by atoms with Crippen LogP contribution in [0.3, 0.4) is 0 Å². The van der Waals surface area contributed by atoms with E-state index in [0.29, 0.717) is 12.0 Å². The summed E-state index contributed by atoms with van der Waals surface area (Å²) in [5, 5.41) is 8.59. The van der Waals surface area contributed by atoms with Crippen molar-refractivity contribution in [2.24, 2.45) is 5.73 Å². The Morgan fingerprint density at radius 3 is 2.54 bits per heavy atom. The number of H-pyrrole nitrogens is 1. The van der Waals surface area contributed by atoms with Crippen molar-refractivity contribution in [2.45, 2.75) is 13.0 Å². The fourth-order valence-electron chi connectivity index (χ4n) is 3.76. The second-order valence-electron chi connectivity index (χ2n) is 7.31. The van der Waals surface area contributed by atoms with Crippen LogP contribution in [0.4, 0.5) is 0 Å². The van der Waals surface area contributed by atoms with E-state index < -0.39 is 0 Å². The van der Waals surface area contributed by atoms with Crippen LogP contribution in [0, 0.1) is 5.41 Å². The lowest BCUT2D eigenvalue weighted by molar-refractivity contribution is -0.132. The summed E-state index contributed by atoms with van der Waals surface area (Å²) in [6.45, 7) is 4.23. The second kappa shape index (κ2) is 7.86. The SMILES string of the molecule is N=C(N)c1ccc2[nH]cc(CC(=O)N3CCN(Cc4ccccc4)CC3)c2c1. The van der Waals surface area contributed by atoms with Gasteiger partial charge in [0.2, 0.25) is 5.91 Å². The molecule has 0 atom stereocenters. The van der Waals surface area contributed by atoms with E-state index >= 15 is 0 Å². The molecule has 0 radical (unpaired) electrons. The Bertz CT molecular complexity index is 987. The van der Waals surface area contributed by atoms with Crippen LogP contribution in [0.25, 0.3) is 10.9 Å². The molecule has 3 aromatic rings. The van der Waals surface area contributed by atoms with Gasteiger partial charge in [0.1, 0.15) is 5.84 Å². The van der Waals surface area contributed by atoms with E-state index in [2.05, 4.69) is 34.1 Å². The van der Waals surface area contributed by atoms with Crippen LogP contribution in [-0.4, -0.2) is 52.7 Å². The highest BCUT2D eigenvalue weighted by atomic mass is 16.2. The predicted octanol–water partition coefficient (Wildman–Crippen LogP) is 2.34. The minimum atomic E-state index is 0.0370. The number of hydrogen-bond donors (Lipinski definition) is 3. The molecule has 1 aliphatic rings. The quantitative estimate of drug-likeness (QED) is 0.472. The monoisotopic (exact) mass is 375 g/mol. The first-order valence-electron chi connectivity index (χ1n) is 9.58. The lowest BCUT2D eigenvalue weighted by Crippen LogP contribution is -2.48. The Labute approximate surface area is 164 Å². The number of rotatable bonds is 5. The predicted molar refractivity (Wildman–Crippen MR) is 111 cm³/mol. The maximum atomic E-state index is 12.8. The zero-order chi connectivity index (χ0) is 19.5. The first-order valence-corrected chi connectivity index (χ1v) is 9.58. The van der Waals surface area contributed by atoms with Crippen molar-refractivity contribution >= 4 is 22.6 Å². The van der Waals surface area contributed by atoms with Gasteiger partial charge in [-0.3, -0.25) is 15.1 Å². The standard InChI is InChI=1S/C22H25N5O/c23-22(24)17-6-7-20-19(12-17)18(14-25-20)13-21(28)27-10-8-26(9-11-27)15-16-4-2-1-3-5-16/h1-7,12,14,25H,8-11,13,15H2,(H3,23,24). The van der Waals surface area contributed by atoms with Gasteiger partial charge in [-0.2, -0.15) is 0 Å². The molecular formula is C22H25N5O. The van der Waals surface area contributed by atoms with Crippen molar-refractivity contribution in [3.8, 4) is 0 Å². The van der Waals surface area contributed by atoms with E-state index in [-0.39, 0.29) is 11.7 Å². The van der Waals surface area contributed by atoms with E-state index in [4.69, 9.17) is 11.1 Å². The Kier molecular flexibility index (Phi) is 5.12. The number of fused-ring (bicyclic) bond motifs is 1. The van der Waals surface area contributed by atoms with Gasteiger partial charge in [-0.05, 0) is 29.3 Å². The van der Waals surface area contributed by atoms with Crippen LogP contribution in [0.15, 0.2) is 54.7 Å². The summed E-state index contributed by atoms with van der Waals surface area (Å²) < 4.78 is 0. The third-order valence-electron chi connectivity index (χ3n) is 5.39. The molecule has 0 bridgehead atoms. The Hall–Kier alpha value is -3.12. The molecule has 4 rings (SSSR count). The molecule has 28 heavy (non-hydrogen) atoms. The normalized spacial score (nSPS) is 15.1. The maximum Gasteiger partial charge on any atom is 0.227 e. The van der Waals surface area contributed by atoms with Gasteiger partial charge >= 0.3 is 0 Å². The Morgan fingerprint density at radius 1 is 1.07 bits per heavy atom. The summed E-state index contributed by atoms with van der Waals surface area (Å²) in [6.07, 6.45) is 2.25. The number of amidine groups is 1. The molecule has 0 spiro atoms. The summed E-state index contributed by atoms with van der Waals surface area (Å²) in [6, 6.07) is 16.1. The van der Waals surface area contributed by atoms with Crippen LogP contribution in [0.2, 0.25) is 0 Å². The minimum Gasteiger partial charge on any atom is -0.384 e. The highest BCUT2D eigenvalue weighted by Crippen LogP contribution is 2.21. The van der Waals surface area contributed by atoms with Gasteiger partial charge in [-0.15, -0.1) is 0 Å². The first-order chi connectivity index (χ1) is 13.6. The van der Waals surface area contributed by atoms with E-state index in [1.54, 1.807) is 0 Å². The average molecular weight is 375 g/mol.